The van der Waals surface area contributed by atoms with Crippen LogP contribution >= 0.6 is 0 Å². The fraction of sp³-hybridized carbons (Fsp3) is 0. The highest BCUT2D eigenvalue weighted by Crippen LogP contribution is 2.39. The van der Waals surface area contributed by atoms with Crippen LogP contribution in [0.3, 0.4) is 0 Å². The summed E-state index contributed by atoms with van der Waals surface area (Å²) in [5.41, 5.74) is 14.8. The number of anilines is 3. The van der Waals surface area contributed by atoms with Crippen molar-refractivity contribution in [1.82, 2.24) is 0 Å². The van der Waals surface area contributed by atoms with E-state index in [1.807, 2.05) is 0 Å². The van der Waals surface area contributed by atoms with Crippen molar-refractivity contribution in [1.29, 1.82) is 0 Å². The van der Waals surface area contributed by atoms with E-state index in [-0.39, 0.29) is 0 Å². The second-order valence-electron chi connectivity index (χ2n) is 14.2. The summed E-state index contributed by atoms with van der Waals surface area (Å²) in [5.74, 6) is 0.860. The fourth-order valence-electron chi connectivity index (χ4n) is 7.67. The van der Waals surface area contributed by atoms with E-state index < -0.39 is 0 Å². The van der Waals surface area contributed by atoms with Gasteiger partial charge >= 0.3 is 0 Å². The van der Waals surface area contributed by atoms with Crippen LogP contribution in [-0.4, -0.2) is 0 Å². The van der Waals surface area contributed by atoms with E-state index in [4.69, 9.17) is 4.42 Å². The van der Waals surface area contributed by atoms with Gasteiger partial charge in [0.1, 0.15) is 11.3 Å². The lowest BCUT2D eigenvalue weighted by molar-refractivity contribution is 0.632. The molecule has 0 aliphatic heterocycles. The zero-order valence-corrected chi connectivity index (χ0v) is 30.7. The topological polar surface area (TPSA) is 16.4 Å². The molecule has 264 valence electrons. The maximum Gasteiger partial charge on any atom is 0.135 e. The van der Waals surface area contributed by atoms with Crippen molar-refractivity contribution in [3.8, 4) is 55.8 Å². The normalized spacial score (nSPS) is 11.2. The second kappa shape index (κ2) is 14.4. The fourth-order valence-corrected chi connectivity index (χ4v) is 7.67. The number of benzene rings is 9. The quantitative estimate of drug-likeness (QED) is 0.156. The lowest BCUT2D eigenvalue weighted by atomic mass is 9.99. The third-order valence-electron chi connectivity index (χ3n) is 10.7. The van der Waals surface area contributed by atoms with Gasteiger partial charge in [-0.3, -0.25) is 0 Å². The van der Waals surface area contributed by atoms with Crippen LogP contribution in [0.2, 0.25) is 0 Å². The predicted molar refractivity (Wildman–Crippen MR) is 236 cm³/mol. The minimum Gasteiger partial charge on any atom is -0.456 e. The molecular formula is C54H37NO. The Balaban J connectivity index is 0.974. The summed E-state index contributed by atoms with van der Waals surface area (Å²) in [5, 5.41) is 3.50. The van der Waals surface area contributed by atoms with Gasteiger partial charge in [0.15, 0.2) is 0 Å². The molecule has 1 heterocycles. The number of nitrogens with zero attached hydrogens (tertiary/aromatic N) is 1. The largest absolute Gasteiger partial charge is 0.456 e. The van der Waals surface area contributed by atoms with Crippen LogP contribution in [0.25, 0.3) is 77.6 Å². The van der Waals surface area contributed by atoms with Gasteiger partial charge in [0.2, 0.25) is 0 Å². The monoisotopic (exact) mass is 715 g/mol. The molecule has 10 aromatic rings. The molecule has 0 spiro atoms. The third kappa shape index (κ3) is 6.55. The molecule has 9 aromatic carbocycles. The van der Waals surface area contributed by atoms with Crippen molar-refractivity contribution >= 4 is 38.8 Å². The lowest BCUT2D eigenvalue weighted by Gasteiger charge is -2.26. The highest BCUT2D eigenvalue weighted by Gasteiger charge is 2.15. The third-order valence-corrected chi connectivity index (χ3v) is 10.7. The molecule has 56 heavy (non-hydrogen) atoms. The zero-order valence-electron chi connectivity index (χ0n) is 30.7. The number of furan rings is 1. The first-order valence-electron chi connectivity index (χ1n) is 19.1. The van der Waals surface area contributed by atoms with E-state index in [0.717, 1.165) is 39.4 Å². The molecule has 0 aliphatic carbocycles. The molecular weight excluding hydrogens is 679 g/mol. The molecule has 0 bridgehead atoms. The molecule has 0 aliphatic rings. The van der Waals surface area contributed by atoms with E-state index in [0.29, 0.717) is 0 Å². The highest BCUT2D eigenvalue weighted by molar-refractivity contribution is 5.97. The number of rotatable bonds is 8. The van der Waals surface area contributed by atoms with Gasteiger partial charge in [0.25, 0.3) is 0 Å². The van der Waals surface area contributed by atoms with Crippen molar-refractivity contribution in [2.24, 2.45) is 0 Å². The molecule has 0 atom stereocenters. The summed E-state index contributed by atoms with van der Waals surface area (Å²) in [4.78, 5) is 2.32. The van der Waals surface area contributed by atoms with Crippen molar-refractivity contribution in [2.75, 3.05) is 4.90 Å². The minimum atomic E-state index is 0.860. The number of hydrogen-bond donors (Lipinski definition) is 0. The van der Waals surface area contributed by atoms with E-state index in [9.17, 15) is 0 Å². The molecule has 2 nitrogen and oxygen atoms in total. The molecule has 0 saturated heterocycles. The Hall–Kier alpha value is -7.42. The Bertz CT molecular complexity index is 2710. The molecule has 0 N–H and O–H groups in total. The summed E-state index contributed by atoms with van der Waals surface area (Å²) in [6, 6.07) is 80.0. The van der Waals surface area contributed by atoms with Gasteiger partial charge in [-0.2, -0.15) is 0 Å². The van der Waals surface area contributed by atoms with Crippen LogP contribution in [0.4, 0.5) is 17.1 Å². The SMILES string of the molecule is c1ccc(-c2ccc(-c3ccc(N(c4ccc(-c5ccc(-c6ccccc6)cc5)cc4)c4ccc(-c5cc6cc7ccccc7cc6o5)cc4)cc3)cc2)cc1. The Morgan fingerprint density at radius 3 is 0.982 bits per heavy atom. The van der Waals surface area contributed by atoms with Gasteiger partial charge < -0.3 is 9.32 Å². The van der Waals surface area contributed by atoms with E-state index >= 15 is 0 Å². The first-order chi connectivity index (χ1) is 27.7. The first-order valence-corrected chi connectivity index (χ1v) is 19.1. The minimum absolute atomic E-state index is 0.860. The Morgan fingerprint density at radius 2 is 0.571 bits per heavy atom. The molecule has 1 aromatic heterocycles. The number of hydrogen-bond acceptors (Lipinski definition) is 2. The lowest BCUT2D eigenvalue weighted by Crippen LogP contribution is -2.09. The van der Waals surface area contributed by atoms with Crippen molar-refractivity contribution in [3.63, 3.8) is 0 Å². The summed E-state index contributed by atoms with van der Waals surface area (Å²) < 4.78 is 6.39. The van der Waals surface area contributed by atoms with Gasteiger partial charge in [0, 0.05) is 28.0 Å². The van der Waals surface area contributed by atoms with E-state index in [1.54, 1.807) is 0 Å². The molecule has 0 radical (unpaired) electrons. The average molecular weight is 716 g/mol. The summed E-state index contributed by atoms with van der Waals surface area (Å²) >= 11 is 0. The van der Waals surface area contributed by atoms with Gasteiger partial charge in [0.05, 0.1) is 0 Å². The van der Waals surface area contributed by atoms with Crippen LogP contribution in [0.1, 0.15) is 0 Å². The van der Waals surface area contributed by atoms with Crippen LogP contribution in [-0.2, 0) is 0 Å². The van der Waals surface area contributed by atoms with Gasteiger partial charge in [-0.25, -0.2) is 0 Å². The van der Waals surface area contributed by atoms with Crippen LogP contribution in [0.15, 0.2) is 229 Å². The zero-order chi connectivity index (χ0) is 37.3. The van der Waals surface area contributed by atoms with Crippen LogP contribution in [0, 0.1) is 0 Å². The highest BCUT2D eigenvalue weighted by atomic mass is 16.3. The Labute approximate surface area is 327 Å². The number of fused-ring (bicyclic) bond motifs is 2. The molecule has 0 saturated carbocycles. The molecule has 0 fully saturated rings. The molecule has 0 unspecified atom stereocenters. The smallest absolute Gasteiger partial charge is 0.135 e. The average Bonchev–Trinajstić information content (AvgIpc) is 3.70. The molecule has 0 amide bonds. The molecule has 2 heteroatoms. The van der Waals surface area contributed by atoms with E-state index in [2.05, 4.69) is 229 Å². The maximum absolute atomic E-state index is 6.39. The van der Waals surface area contributed by atoms with E-state index in [1.165, 1.54) is 55.3 Å². The summed E-state index contributed by atoms with van der Waals surface area (Å²) in [7, 11) is 0. The van der Waals surface area contributed by atoms with Crippen LogP contribution < -0.4 is 4.90 Å². The van der Waals surface area contributed by atoms with Gasteiger partial charge in [-0.1, -0.05) is 158 Å². The summed E-state index contributed by atoms with van der Waals surface area (Å²) in [6.45, 7) is 0. The van der Waals surface area contributed by atoms with Crippen molar-refractivity contribution < 1.29 is 4.42 Å². The van der Waals surface area contributed by atoms with Gasteiger partial charge in [-0.15, -0.1) is 0 Å². The van der Waals surface area contributed by atoms with Gasteiger partial charge in [-0.05, 0) is 122 Å². The van der Waals surface area contributed by atoms with Crippen molar-refractivity contribution in [3.05, 3.63) is 224 Å². The second-order valence-corrected chi connectivity index (χ2v) is 14.2. The van der Waals surface area contributed by atoms with Crippen molar-refractivity contribution in [2.45, 2.75) is 0 Å². The Morgan fingerprint density at radius 1 is 0.250 bits per heavy atom. The Kier molecular flexibility index (Phi) is 8.55. The predicted octanol–water partition coefficient (Wildman–Crippen LogP) is 15.4. The first kappa shape index (κ1) is 33.2. The molecule has 10 rings (SSSR count). The van der Waals surface area contributed by atoms with Crippen LogP contribution in [0.5, 0.6) is 0 Å². The summed E-state index contributed by atoms with van der Waals surface area (Å²) in [6.07, 6.45) is 0. The maximum atomic E-state index is 6.39. The standard InChI is InChI=1S/C54H37NO/c1-3-9-38(10-4-1)40-15-19-42(20-16-40)44-23-29-50(30-24-44)55(51-31-25-45(26-32-51)43-21-17-41(18-22-43)39-11-5-2-6-12-39)52-33-27-46(28-34-52)53-37-49-35-47-13-7-8-14-48(47)36-54(49)56-53/h1-37H.